The molecule has 1 aromatic heterocycles. The fourth-order valence-electron chi connectivity index (χ4n) is 4.30. The van der Waals surface area contributed by atoms with Crippen LogP contribution in [0.3, 0.4) is 0 Å². The first-order chi connectivity index (χ1) is 16.8. The van der Waals surface area contributed by atoms with Crippen molar-refractivity contribution in [3.63, 3.8) is 0 Å². The van der Waals surface area contributed by atoms with E-state index in [4.69, 9.17) is 0 Å². The number of hydrogen-bond donors (Lipinski definition) is 4. The van der Waals surface area contributed by atoms with Crippen molar-refractivity contribution in [1.29, 1.82) is 0 Å². The topological polar surface area (TPSA) is 77.1 Å². The van der Waals surface area contributed by atoms with Crippen LogP contribution in [0.2, 0.25) is 0 Å². The monoisotopic (exact) mass is 448 g/mol. The van der Waals surface area contributed by atoms with E-state index in [1.165, 1.54) is 12.8 Å². The van der Waals surface area contributed by atoms with Gasteiger partial charge in [-0.1, -0.05) is 24.0 Å². The molecule has 0 amide bonds. The third-order valence-corrected chi connectivity index (χ3v) is 6.15. The number of hydrogen-bond acceptors (Lipinski definition) is 5. The lowest BCUT2D eigenvalue weighted by Crippen LogP contribution is -2.33. The van der Waals surface area contributed by atoms with Gasteiger partial charge in [-0.15, -0.1) is 0 Å². The molecule has 2 saturated heterocycles. The zero-order valence-electron chi connectivity index (χ0n) is 19.1. The van der Waals surface area contributed by atoms with Crippen molar-refractivity contribution in [2.45, 2.75) is 37.9 Å². The normalized spacial score (nSPS) is 19.8. The van der Waals surface area contributed by atoms with Gasteiger partial charge in [0.2, 0.25) is 0 Å². The van der Waals surface area contributed by atoms with Crippen LogP contribution in [-0.2, 0) is 0 Å². The Labute approximate surface area is 200 Å². The summed E-state index contributed by atoms with van der Waals surface area (Å²) in [5.41, 5.74) is 3.30. The number of fused-ring (bicyclic) bond motifs is 1. The van der Waals surface area contributed by atoms with Crippen LogP contribution in [0.25, 0.3) is 10.8 Å². The second kappa shape index (κ2) is 10.4. The zero-order valence-corrected chi connectivity index (χ0v) is 19.1. The summed E-state index contributed by atoms with van der Waals surface area (Å²) in [6, 6.07) is 12.7. The fraction of sp³-hybridized carbons (Fsp3) is 0.286. The highest BCUT2D eigenvalue weighted by atomic mass is 15.1. The molecule has 2 atom stereocenters. The molecular formula is C28H28N6. The number of aromatic nitrogens is 2. The van der Waals surface area contributed by atoms with Crippen LogP contribution in [0, 0.1) is 23.7 Å². The van der Waals surface area contributed by atoms with Crippen LogP contribution >= 0.6 is 0 Å². The molecule has 0 saturated carbocycles. The molecule has 0 bridgehead atoms. The molecule has 5 rings (SSSR count). The summed E-state index contributed by atoms with van der Waals surface area (Å²) in [6.45, 7) is 5.73. The molecule has 3 heterocycles. The molecule has 6 nitrogen and oxygen atoms in total. The van der Waals surface area contributed by atoms with Crippen molar-refractivity contribution < 1.29 is 0 Å². The highest BCUT2D eigenvalue weighted by Crippen LogP contribution is 2.20. The first-order valence-electron chi connectivity index (χ1n) is 11.8. The predicted octanol–water partition coefficient (Wildman–Crippen LogP) is 3.58. The molecule has 0 spiro atoms. The first kappa shape index (κ1) is 22.0. The molecule has 4 N–H and O–H groups in total. The van der Waals surface area contributed by atoms with Gasteiger partial charge in [0.1, 0.15) is 17.2 Å². The molecular weight excluding hydrogens is 420 g/mol. The molecule has 3 aromatic rings. The van der Waals surface area contributed by atoms with Crippen LogP contribution < -0.4 is 16.0 Å². The van der Waals surface area contributed by atoms with E-state index < -0.39 is 0 Å². The number of nitrogens with one attached hydrogen (secondary N) is 4. The lowest BCUT2D eigenvalue weighted by Gasteiger charge is -2.09. The van der Waals surface area contributed by atoms with E-state index in [-0.39, 0.29) is 6.17 Å². The lowest BCUT2D eigenvalue weighted by atomic mass is 10.0. The third-order valence-electron chi connectivity index (χ3n) is 6.15. The Hall–Kier alpha value is -3.84. The second-order valence-electron chi connectivity index (χ2n) is 8.60. The maximum atomic E-state index is 4.63. The van der Waals surface area contributed by atoms with E-state index >= 15 is 0 Å². The average molecular weight is 449 g/mol. The van der Waals surface area contributed by atoms with Gasteiger partial charge >= 0.3 is 0 Å². The zero-order chi connectivity index (χ0) is 23.2. The van der Waals surface area contributed by atoms with E-state index in [0.717, 1.165) is 59.3 Å². The Morgan fingerprint density at radius 2 is 1.76 bits per heavy atom. The number of allylic oxidation sites excluding steroid dienone is 1. The van der Waals surface area contributed by atoms with Gasteiger partial charge in [-0.05, 0) is 92.4 Å². The van der Waals surface area contributed by atoms with Crippen molar-refractivity contribution in [3.8, 4) is 23.7 Å². The summed E-state index contributed by atoms with van der Waals surface area (Å²) < 4.78 is 0. The standard InChI is InChI=1S/C28H28N6/c1-29-24(18-32-27-5-3-15-31-27)12-8-20-6-10-23-17-21(7-11-22(23)16-20)9-13-25-19-33-28(34-25)26-4-2-14-30-26/h6-7,10-11,16-19,26-27,30-32H,1-5,14-15H2,(H,33,34)/b24-18-/t26-,27?/m0/s1. The average Bonchev–Trinajstić information content (AvgIpc) is 3.65. The van der Waals surface area contributed by atoms with Crippen molar-refractivity contribution >= 4 is 17.5 Å². The summed E-state index contributed by atoms with van der Waals surface area (Å²) in [5.74, 6) is 13.7. The molecule has 2 aliphatic rings. The van der Waals surface area contributed by atoms with E-state index in [2.05, 4.69) is 85.6 Å². The molecule has 6 heteroatoms. The molecule has 34 heavy (non-hydrogen) atoms. The van der Waals surface area contributed by atoms with Gasteiger partial charge in [-0.3, -0.25) is 10.3 Å². The Balaban J connectivity index is 1.28. The minimum atomic E-state index is 0.288. The van der Waals surface area contributed by atoms with Gasteiger partial charge in [0.25, 0.3) is 0 Å². The number of nitrogens with zero attached hydrogens (tertiary/aromatic N) is 2. The molecule has 1 unspecified atom stereocenters. The van der Waals surface area contributed by atoms with E-state index in [0.29, 0.717) is 11.7 Å². The van der Waals surface area contributed by atoms with Gasteiger partial charge in [-0.2, -0.15) is 0 Å². The molecule has 2 aromatic carbocycles. The number of rotatable bonds is 4. The highest BCUT2D eigenvalue weighted by Gasteiger charge is 2.18. The van der Waals surface area contributed by atoms with Gasteiger partial charge in [0.05, 0.1) is 12.2 Å². The number of aromatic amines is 1. The van der Waals surface area contributed by atoms with Crippen LogP contribution in [0.5, 0.6) is 0 Å². The summed E-state index contributed by atoms with van der Waals surface area (Å²) in [4.78, 5) is 11.9. The quantitative estimate of drug-likeness (QED) is 0.364. The molecule has 170 valence electrons. The number of H-pyrrole nitrogens is 1. The van der Waals surface area contributed by atoms with Gasteiger partial charge < -0.3 is 15.6 Å². The van der Waals surface area contributed by atoms with Gasteiger partial charge in [0.15, 0.2) is 0 Å². The Morgan fingerprint density at radius 1 is 1.00 bits per heavy atom. The third kappa shape index (κ3) is 5.38. The fourth-order valence-corrected chi connectivity index (χ4v) is 4.30. The number of benzene rings is 2. The van der Waals surface area contributed by atoms with Crippen molar-refractivity contribution in [2.75, 3.05) is 13.1 Å². The highest BCUT2D eigenvalue weighted by molar-refractivity contribution is 5.85. The Bertz CT molecular complexity index is 1330. The summed E-state index contributed by atoms with van der Waals surface area (Å²) in [5, 5.41) is 12.4. The SMILES string of the molecule is C=N/C(C#Cc1ccc2cc(C#Cc3c[nH]c([C@@H]4CCCN4)n3)ccc2c1)=C\NC1CCCN1. The Kier molecular flexibility index (Phi) is 6.72. The van der Waals surface area contributed by atoms with Crippen molar-refractivity contribution in [2.24, 2.45) is 4.99 Å². The largest absolute Gasteiger partial charge is 0.373 e. The molecule has 2 aliphatic heterocycles. The van der Waals surface area contributed by atoms with Crippen LogP contribution in [0.4, 0.5) is 0 Å². The number of aliphatic imine (C=N–C) groups is 1. The molecule has 0 radical (unpaired) electrons. The predicted molar refractivity (Wildman–Crippen MR) is 137 cm³/mol. The summed E-state index contributed by atoms with van der Waals surface area (Å²) in [7, 11) is 0. The van der Waals surface area contributed by atoms with Crippen LogP contribution in [-0.4, -0.2) is 35.9 Å². The maximum absolute atomic E-state index is 4.63. The Morgan fingerprint density at radius 3 is 2.47 bits per heavy atom. The summed E-state index contributed by atoms with van der Waals surface area (Å²) in [6.07, 6.45) is 8.60. The van der Waals surface area contributed by atoms with Crippen LogP contribution in [0.15, 0.2) is 59.5 Å². The number of imidazole rings is 1. The van der Waals surface area contributed by atoms with Gasteiger partial charge in [-0.25, -0.2) is 4.98 Å². The minimum absolute atomic E-state index is 0.288. The van der Waals surface area contributed by atoms with Gasteiger partial charge in [0, 0.05) is 23.5 Å². The van der Waals surface area contributed by atoms with E-state index in [1.54, 1.807) is 0 Å². The maximum Gasteiger partial charge on any atom is 0.131 e. The molecule has 2 fully saturated rings. The van der Waals surface area contributed by atoms with E-state index in [9.17, 15) is 0 Å². The smallest absolute Gasteiger partial charge is 0.131 e. The molecule has 0 aliphatic carbocycles. The van der Waals surface area contributed by atoms with Crippen molar-refractivity contribution in [3.05, 3.63) is 77.1 Å². The van der Waals surface area contributed by atoms with E-state index in [1.807, 2.05) is 24.5 Å². The second-order valence-corrected chi connectivity index (χ2v) is 8.60. The minimum Gasteiger partial charge on any atom is -0.373 e. The van der Waals surface area contributed by atoms with Crippen LogP contribution in [0.1, 0.15) is 54.4 Å². The van der Waals surface area contributed by atoms with Crippen molar-refractivity contribution in [1.82, 2.24) is 25.9 Å². The lowest BCUT2D eigenvalue weighted by molar-refractivity contribution is 0.550. The summed E-state index contributed by atoms with van der Waals surface area (Å²) >= 11 is 0. The first-order valence-corrected chi connectivity index (χ1v) is 11.8.